The molecule has 1 atom stereocenters. The van der Waals surface area contributed by atoms with Gasteiger partial charge in [0.2, 0.25) is 0 Å². The molecule has 1 aliphatic carbocycles. The van der Waals surface area contributed by atoms with E-state index in [-0.39, 0.29) is 54.3 Å². The summed E-state index contributed by atoms with van der Waals surface area (Å²) in [6, 6.07) is 4.26. The molecule has 1 aliphatic rings. The quantitative estimate of drug-likeness (QED) is 0.245. The molecule has 9 nitrogen and oxygen atoms in total. The number of rotatable bonds is 11. The van der Waals surface area contributed by atoms with Gasteiger partial charge in [0.15, 0.2) is 23.2 Å². The lowest BCUT2D eigenvalue weighted by Crippen LogP contribution is -2.30. The van der Waals surface area contributed by atoms with E-state index in [9.17, 15) is 18.4 Å². The van der Waals surface area contributed by atoms with Gasteiger partial charge in [-0.2, -0.15) is 0 Å². The first kappa shape index (κ1) is 28.2. The summed E-state index contributed by atoms with van der Waals surface area (Å²) in [5, 5.41) is 0. The predicted molar refractivity (Wildman–Crippen MR) is 136 cm³/mol. The van der Waals surface area contributed by atoms with Crippen molar-refractivity contribution in [3.05, 3.63) is 65.9 Å². The second-order valence-electron chi connectivity index (χ2n) is 9.47. The van der Waals surface area contributed by atoms with Gasteiger partial charge in [-0.1, -0.05) is 6.92 Å². The van der Waals surface area contributed by atoms with Crippen LogP contribution in [0, 0.1) is 17.6 Å². The summed E-state index contributed by atoms with van der Waals surface area (Å²) in [5.41, 5.74) is 0.850. The molecule has 0 N–H and O–H groups in total. The highest BCUT2D eigenvalue weighted by Gasteiger charge is 2.25. The van der Waals surface area contributed by atoms with Crippen molar-refractivity contribution in [3.8, 4) is 17.3 Å². The molecule has 3 aromatic heterocycles. The third-order valence-electron chi connectivity index (χ3n) is 6.30. The molecule has 0 spiro atoms. The molecule has 206 valence electrons. The van der Waals surface area contributed by atoms with Crippen molar-refractivity contribution < 1.29 is 32.6 Å². The summed E-state index contributed by atoms with van der Waals surface area (Å²) in [6.07, 6.45) is 7.77. The number of aromatic nitrogens is 4. The van der Waals surface area contributed by atoms with Crippen molar-refractivity contribution >= 4 is 11.8 Å². The second-order valence-corrected chi connectivity index (χ2v) is 9.47. The number of esters is 1. The van der Waals surface area contributed by atoms with Gasteiger partial charge in [-0.25, -0.2) is 33.5 Å². The highest BCUT2D eigenvalue weighted by Crippen LogP contribution is 2.28. The van der Waals surface area contributed by atoms with E-state index in [1.165, 1.54) is 24.5 Å². The van der Waals surface area contributed by atoms with Crippen LogP contribution in [0.1, 0.15) is 66.8 Å². The number of carbonyl (C=O) groups is 2. The maximum absolute atomic E-state index is 14.6. The lowest BCUT2D eigenvalue weighted by molar-refractivity contribution is -0.0121. The fourth-order valence-electron chi connectivity index (χ4n) is 4.28. The highest BCUT2D eigenvalue weighted by molar-refractivity contribution is 5.98. The average Bonchev–Trinajstić information content (AvgIpc) is 2.94. The first-order chi connectivity index (χ1) is 18.8. The summed E-state index contributed by atoms with van der Waals surface area (Å²) in [5.74, 6) is -1.82. The van der Waals surface area contributed by atoms with E-state index >= 15 is 0 Å². The summed E-state index contributed by atoms with van der Waals surface area (Å²) in [4.78, 5) is 40.3. The molecule has 3 aromatic rings. The van der Waals surface area contributed by atoms with Crippen LogP contribution in [0.5, 0.6) is 5.88 Å². The topological polar surface area (TPSA) is 113 Å². The molecule has 1 fully saturated rings. The van der Waals surface area contributed by atoms with Crippen molar-refractivity contribution in [2.75, 3.05) is 13.2 Å². The summed E-state index contributed by atoms with van der Waals surface area (Å²) in [7, 11) is 0. The molecule has 4 rings (SSSR count). The molecule has 0 aromatic carbocycles. The molecule has 0 radical (unpaired) electrons. The molecule has 0 bridgehead atoms. The Morgan fingerprint density at radius 1 is 1.00 bits per heavy atom. The monoisotopic (exact) mass is 540 g/mol. The van der Waals surface area contributed by atoms with Crippen molar-refractivity contribution in [2.24, 2.45) is 5.92 Å². The first-order valence-corrected chi connectivity index (χ1v) is 12.9. The number of nitrogens with zero attached hydrogens (tertiary/aromatic N) is 4. The van der Waals surface area contributed by atoms with E-state index in [0.29, 0.717) is 30.6 Å². The van der Waals surface area contributed by atoms with Crippen molar-refractivity contribution in [3.63, 3.8) is 0 Å². The van der Waals surface area contributed by atoms with Gasteiger partial charge in [0.05, 0.1) is 25.1 Å². The molecule has 1 saturated carbocycles. The minimum atomic E-state index is -0.638. The van der Waals surface area contributed by atoms with Crippen molar-refractivity contribution in [1.29, 1.82) is 0 Å². The number of ketones is 1. The number of pyridine rings is 2. The van der Waals surface area contributed by atoms with Gasteiger partial charge in [0, 0.05) is 36.5 Å². The Kier molecular flexibility index (Phi) is 9.59. The number of Topliss-reactive ketones (excluding diaryl/α,β-unsaturated/α-hetero) is 1. The zero-order valence-electron chi connectivity index (χ0n) is 21.8. The standard InChI is InChI=1S/C28H30F2N4O5/c1-3-37-28(36)24-12-18(8-9-31-24)25(35)10-17(2)16-38-21-4-6-22(7-5-21)39-27-23(30)11-19(13-34-27)26-32-14-20(29)15-33-26/h8-9,11-15,17,21-22H,3-7,10,16H2,1-2H3/t17-,21?,22?/m1/s1. The maximum Gasteiger partial charge on any atom is 0.356 e. The number of carbonyl (C=O) groups excluding carboxylic acids is 2. The fraction of sp³-hybridized carbons (Fsp3) is 0.429. The van der Waals surface area contributed by atoms with E-state index in [0.717, 1.165) is 25.2 Å². The molecular weight excluding hydrogens is 510 g/mol. The zero-order valence-corrected chi connectivity index (χ0v) is 21.8. The molecule has 39 heavy (non-hydrogen) atoms. The van der Waals surface area contributed by atoms with Crippen LogP contribution in [0.3, 0.4) is 0 Å². The number of ether oxygens (including phenoxy) is 3. The number of hydrogen-bond donors (Lipinski definition) is 0. The summed E-state index contributed by atoms with van der Waals surface area (Å²) in [6.45, 7) is 4.30. The van der Waals surface area contributed by atoms with E-state index < -0.39 is 17.6 Å². The average molecular weight is 541 g/mol. The minimum absolute atomic E-state index is 0.0208. The van der Waals surface area contributed by atoms with Crippen LogP contribution in [0.15, 0.2) is 43.0 Å². The van der Waals surface area contributed by atoms with E-state index in [2.05, 4.69) is 19.9 Å². The Balaban J connectivity index is 1.20. The fourth-order valence-corrected chi connectivity index (χ4v) is 4.28. The van der Waals surface area contributed by atoms with Gasteiger partial charge in [-0.15, -0.1) is 0 Å². The lowest BCUT2D eigenvalue weighted by atomic mass is 9.94. The maximum atomic E-state index is 14.6. The molecule has 0 unspecified atom stereocenters. The van der Waals surface area contributed by atoms with Crippen LogP contribution in [0.2, 0.25) is 0 Å². The third kappa shape index (κ3) is 7.82. The van der Waals surface area contributed by atoms with Crippen molar-refractivity contribution in [2.45, 2.75) is 58.2 Å². The van der Waals surface area contributed by atoms with E-state index in [4.69, 9.17) is 14.2 Å². The molecule has 0 aliphatic heterocycles. The Hall–Kier alpha value is -3.86. The Labute approximate surface area is 225 Å². The van der Waals surface area contributed by atoms with E-state index in [1.807, 2.05) is 6.92 Å². The summed E-state index contributed by atoms with van der Waals surface area (Å²) >= 11 is 0. The number of halogens is 2. The van der Waals surface area contributed by atoms with Crippen LogP contribution in [-0.4, -0.2) is 57.1 Å². The molecule has 0 amide bonds. The Morgan fingerprint density at radius 3 is 2.41 bits per heavy atom. The van der Waals surface area contributed by atoms with E-state index in [1.54, 1.807) is 13.0 Å². The van der Waals surface area contributed by atoms with Gasteiger partial charge in [0.1, 0.15) is 11.8 Å². The minimum Gasteiger partial charge on any atom is -0.472 e. The zero-order chi connectivity index (χ0) is 27.8. The van der Waals surface area contributed by atoms with Gasteiger partial charge in [-0.05, 0) is 56.7 Å². The molecule has 11 heteroatoms. The Bertz CT molecular complexity index is 1280. The molecule has 3 heterocycles. The van der Waals surface area contributed by atoms with Gasteiger partial charge < -0.3 is 14.2 Å². The van der Waals surface area contributed by atoms with Crippen LogP contribution in [0.4, 0.5) is 8.78 Å². The Morgan fingerprint density at radius 2 is 1.72 bits per heavy atom. The van der Waals surface area contributed by atoms with Gasteiger partial charge in [-0.3, -0.25) is 4.79 Å². The first-order valence-electron chi connectivity index (χ1n) is 12.9. The van der Waals surface area contributed by atoms with Gasteiger partial charge in [0.25, 0.3) is 5.88 Å². The summed E-state index contributed by atoms with van der Waals surface area (Å²) < 4.78 is 44.4. The molecule has 0 saturated heterocycles. The lowest BCUT2D eigenvalue weighted by Gasteiger charge is -2.29. The van der Waals surface area contributed by atoms with Crippen LogP contribution in [0.25, 0.3) is 11.4 Å². The highest BCUT2D eigenvalue weighted by atomic mass is 19.1. The van der Waals surface area contributed by atoms with Crippen LogP contribution < -0.4 is 4.74 Å². The third-order valence-corrected chi connectivity index (χ3v) is 6.30. The van der Waals surface area contributed by atoms with Crippen LogP contribution >= 0.6 is 0 Å². The van der Waals surface area contributed by atoms with Crippen LogP contribution in [-0.2, 0) is 9.47 Å². The van der Waals surface area contributed by atoms with Crippen molar-refractivity contribution in [1.82, 2.24) is 19.9 Å². The van der Waals surface area contributed by atoms with Gasteiger partial charge >= 0.3 is 5.97 Å². The SMILES string of the molecule is CCOC(=O)c1cc(C(=O)C[C@@H](C)COC2CCC(Oc3ncc(-c4ncc(F)cn4)cc3F)CC2)ccn1. The largest absolute Gasteiger partial charge is 0.472 e. The molecular formula is C28H30F2N4O5. The second kappa shape index (κ2) is 13.3. The smallest absolute Gasteiger partial charge is 0.356 e. The predicted octanol–water partition coefficient (Wildman–Crippen LogP) is 5.00. The normalized spacial score (nSPS) is 17.8. The number of hydrogen-bond acceptors (Lipinski definition) is 9.